The Hall–Kier alpha value is -2.75. The molecular weight excluding hydrogens is 796 g/mol. The number of rotatable bonds is 4. The number of aromatic nitrogens is 3. The smallest absolute Gasteiger partial charge is 0.155 e. The third kappa shape index (κ3) is 15.1. The van der Waals surface area contributed by atoms with Gasteiger partial charge in [0.1, 0.15) is 0 Å². The van der Waals surface area contributed by atoms with E-state index < -0.39 is 0 Å². The van der Waals surface area contributed by atoms with Crippen molar-refractivity contribution in [3.63, 3.8) is 0 Å². The summed E-state index contributed by atoms with van der Waals surface area (Å²) in [5.41, 5.74) is 3.15. The van der Waals surface area contributed by atoms with Gasteiger partial charge in [0.05, 0.1) is 11.5 Å². The Morgan fingerprint density at radius 1 is 0.794 bits per heavy atom. The number of pyridine rings is 3. The summed E-state index contributed by atoms with van der Waals surface area (Å²) in [7, 11) is 0. The third-order valence-electron chi connectivity index (χ3n) is 3.31. The molecule has 0 bridgehead atoms. The largest absolute Gasteiger partial charge is 0.512 e. The van der Waals surface area contributed by atoms with E-state index in [1.807, 2.05) is 42.5 Å². The molecule has 0 aromatic carbocycles. The van der Waals surface area contributed by atoms with Crippen LogP contribution in [0.5, 0.6) is 0 Å². The Morgan fingerprint density at radius 2 is 1.26 bits per heavy atom. The molecule has 0 aliphatic heterocycles. The van der Waals surface area contributed by atoms with Crippen molar-refractivity contribution in [1.29, 1.82) is 0 Å². The molecule has 3 aromatic heterocycles. The zero-order valence-electron chi connectivity index (χ0n) is 19.0. The number of nitrogens with zero attached hydrogens (tertiary/aromatic N) is 3. The third-order valence-corrected chi connectivity index (χ3v) is 3.31. The van der Waals surface area contributed by atoms with E-state index in [4.69, 9.17) is 10.2 Å². The summed E-state index contributed by atoms with van der Waals surface area (Å²) in [5, 5.41) is 16.7. The summed E-state index contributed by atoms with van der Waals surface area (Å²) in [6.45, 7) is 5.70. The van der Waals surface area contributed by atoms with Crippen LogP contribution in [0.25, 0.3) is 22.6 Å². The molecular formula is C25H25N3O4Pt2-2. The second-order valence-electron chi connectivity index (χ2n) is 6.50. The maximum Gasteiger partial charge on any atom is 0.155 e. The van der Waals surface area contributed by atoms with Crippen molar-refractivity contribution in [2.75, 3.05) is 0 Å². The van der Waals surface area contributed by atoms with E-state index in [2.05, 4.69) is 27.2 Å². The van der Waals surface area contributed by atoms with E-state index >= 15 is 0 Å². The number of aliphatic hydroxyl groups is 2. The Balaban J connectivity index is 0. The van der Waals surface area contributed by atoms with E-state index in [1.54, 1.807) is 12.4 Å². The molecule has 9 heteroatoms. The van der Waals surface area contributed by atoms with Gasteiger partial charge >= 0.3 is 0 Å². The molecule has 0 unspecified atom stereocenters. The van der Waals surface area contributed by atoms with Gasteiger partial charge in [-0.3, -0.25) is 21.7 Å². The average Bonchev–Trinajstić information content (AvgIpc) is 2.74. The first kappa shape index (κ1) is 33.4. The van der Waals surface area contributed by atoms with Crippen molar-refractivity contribution < 1.29 is 61.9 Å². The minimum atomic E-state index is -0.125. The first-order valence-corrected chi connectivity index (χ1v) is 9.58. The predicted octanol–water partition coefficient (Wildman–Crippen LogP) is 4.88. The molecule has 0 saturated carbocycles. The van der Waals surface area contributed by atoms with Gasteiger partial charge in [-0.25, -0.2) is 5.56 Å². The van der Waals surface area contributed by atoms with E-state index in [1.165, 1.54) is 39.8 Å². The number of carbonyl (C=O) groups excluding carboxylic acids is 2. The minimum Gasteiger partial charge on any atom is -0.512 e. The van der Waals surface area contributed by atoms with Gasteiger partial charge in [0.15, 0.2) is 11.6 Å². The molecule has 186 valence electrons. The van der Waals surface area contributed by atoms with Crippen LogP contribution in [-0.2, 0) is 51.7 Å². The van der Waals surface area contributed by atoms with E-state index in [0.29, 0.717) is 5.69 Å². The number of allylic oxidation sites excluding steroid dienone is 4. The number of aliphatic hydroxyl groups excluding tert-OH is 2. The number of ketones is 2. The fraction of sp³-hybridized carbons (Fsp3) is 0.160. The van der Waals surface area contributed by atoms with Crippen LogP contribution >= 0.6 is 0 Å². The fourth-order valence-corrected chi connectivity index (χ4v) is 2.20. The monoisotopic (exact) mass is 821 g/mol. The SMILES string of the molecule is CC(=O)/C=C(/C)O.CC(=O)/C=C(/C)O.[Pt].[Pt].[c-]1nc(-c2ccccn2)[c-]cc1-c1ccccn1. The zero-order valence-corrected chi connectivity index (χ0v) is 23.6. The zero-order chi connectivity index (χ0) is 23.9. The van der Waals surface area contributed by atoms with E-state index in [9.17, 15) is 9.59 Å². The van der Waals surface area contributed by atoms with Crippen LogP contribution in [0, 0.1) is 12.3 Å². The first-order chi connectivity index (χ1) is 15.2. The summed E-state index contributed by atoms with van der Waals surface area (Å²) >= 11 is 0. The summed E-state index contributed by atoms with van der Waals surface area (Å²) in [5.74, 6) is -0.125. The minimum absolute atomic E-state index is 0. The molecule has 3 heterocycles. The number of hydrogen-bond donors (Lipinski definition) is 2. The van der Waals surface area contributed by atoms with Crippen molar-refractivity contribution in [1.82, 2.24) is 15.0 Å². The summed E-state index contributed by atoms with van der Waals surface area (Å²) < 4.78 is 0. The van der Waals surface area contributed by atoms with Gasteiger partial charge in [0, 0.05) is 66.7 Å². The topological polar surface area (TPSA) is 113 Å². The fourth-order valence-electron chi connectivity index (χ4n) is 2.20. The van der Waals surface area contributed by atoms with Crippen LogP contribution in [0.2, 0.25) is 0 Å². The van der Waals surface area contributed by atoms with Crippen molar-refractivity contribution in [3.05, 3.63) is 90.8 Å². The molecule has 0 saturated heterocycles. The Labute approximate surface area is 228 Å². The average molecular weight is 822 g/mol. The molecule has 7 nitrogen and oxygen atoms in total. The van der Waals surface area contributed by atoms with Crippen LogP contribution in [0.1, 0.15) is 27.7 Å². The van der Waals surface area contributed by atoms with Gasteiger partial charge in [-0.05, 0) is 39.8 Å². The maximum absolute atomic E-state index is 10.0. The van der Waals surface area contributed by atoms with Gasteiger partial charge in [-0.1, -0.05) is 35.7 Å². The maximum atomic E-state index is 10.0. The van der Waals surface area contributed by atoms with Gasteiger partial charge in [-0.15, -0.1) is 11.9 Å². The van der Waals surface area contributed by atoms with Gasteiger partial charge in [0.2, 0.25) is 0 Å². The van der Waals surface area contributed by atoms with Crippen LogP contribution < -0.4 is 0 Å². The molecule has 3 rings (SSSR count). The Kier molecular flexibility index (Phi) is 18.3. The van der Waals surface area contributed by atoms with Crippen LogP contribution in [0.3, 0.4) is 0 Å². The standard InChI is InChI=1S/C15H9N3.2C5H8O2.2Pt/c1-3-9-16-13(5-1)12-7-8-15(18-11-12)14-6-2-4-10-17-14;2*1-4(6)3-5(2)7;;/h1-7,9-10H;2*3,6H,1-2H3;;/q-2;;;;/b;2*4-3-;;. The second kappa shape index (κ2) is 18.6. The van der Waals surface area contributed by atoms with E-state index in [-0.39, 0.29) is 65.2 Å². The Bertz CT molecular complexity index is 962. The van der Waals surface area contributed by atoms with Crippen molar-refractivity contribution >= 4 is 11.6 Å². The molecule has 0 radical (unpaired) electrons. The van der Waals surface area contributed by atoms with Crippen molar-refractivity contribution in [2.45, 2.75) is 27.7 Å². The summed E-state index contributed by atoms with van der Waals surface area (Å²) in [6.07, 6.45) is 8.78. The quantitative estimate of drug-likeness (QED) is 0.220. The molecule has 2 N–H and O–H groups in total. The van der Waals surface area contributed by atoms with Crippen LogP contribution in [-0.4, -0.2) is 36.7 Å². The van der Waals surface area contributed by atoms with Crippen LogP contribution in [0.4, 0.5) is 0 Å². The van der Waals surface area contributed by atoms with Crippen LogP contribution in [0.15, 0.2) is 78.5 Å². The first-order valence-electron chi connectivity index (χ1n) is 9.58. The molecule has 0 aliphatic carbocycles. The molecule has 0 amide bonds. The summed E-state index contributed by atoms with van der Waals surface area (Å²) in [4.78, 5) is 32.7. The normalized spacial score (nSPS) is 10.1. The molecule has 3 aromatic rings. The van der Waals surface area contributed by atoms with Gasteiger partial charge < -0.3 is 25.2 Å². The molecule has 0 aliphatic rings. The molecule has 34 heavy (non-hydrogen) atoms. The van der Waals surface area contributed by atoms with E-state index in [0.717, 1.165) is 17.0 Å². The van der Waals surface area contributed by atoms with Crippen molar-refractivity contribution in [3.8, 4) is 22.6 Å². The van der Waals surface area contributed by atoms with Crippen molar-refractivity contribution in [2.24, 2.45) is 0 Å². The number of hydrogen-bond acceptors (Lipinski definition) is 7. The van der Waals surface area contributed by atoms with Gasteiger partial charge in [0.25, 0.3) is 0 Å². The molecule has 0 spiro atoms. The summed E-state index contributed by atoms with van der Waals surface area (Å²) in [6, 6.07) is 16.4. The number of carbonyl (C=O) groups is 2. The Morgan fingerprint density at radius 3 is 1.56 bits per heavy atom. The predicted molar refractivity (Wildman–Crippen MR) is 123 cm³/mol. The van der Waals surface area contributed by atoms with Gasteiger partial charge in [-0.2, -0.15) is 0 Å². The molecule has 0 atom stereocenters. The molecule has 0 fully saturated rings. The second-order valence-corrected chi connectivity index (χ2v) is 6.50.